The summed E-state index contributed by atoms with van der Waals surface area (Å²) in [5.41, 5.74) is 1.03. The predicted molar refractivity (Wildman–Crippen MR) is 89.5 cm³/mol. The molecule has 2 heterocycles. The molecule has 0 bridgehead atoms. The summed E-state index contributed by atoms with van der Waals surface area (Å²) in [7, 11) is 2.07. The lowest BCUT2D eigenvalue weighted by molar-refractivity contribution is -0.124. The van der Waals surface area contributed by atoms with Crippen LogP contribution >= 0.6 is 11.7 Å². The first-order valence-corrected chi connectivity index (χ1v) is 8.54. The highest BCUT2D eigenvalue weighted by atomic mass is 32.1. The van der Waals surface area contributed by atoms with Crippen molar-refractivity contribution in [3.63, 3.8) is 0 Å². The highest BCUT2D eigenvalue weighted by Gasteiger charge is 2.19. The van der Waals surface area contributed by atoms with Crippen molar-refractivity contribution in [1.82, 2.24) is 19.0 Å². The maximum Gasteiger partial charge on any atom is 0.258 e. The second-order valence-corrected chi connectivity index (χ2v) is 6.39. The number of carbonyl (C=O) groups excluding carboxylic acids is 1. The molecule has 1 amide bonds. The number of benzene rings is 1. The van der Waals surface area contributed by atoms with E-state index >= 15 is 0 Å². The molecule has 0 saturated carbocycles. The van der Waals surface area contributed by atoms with Gasteiger partial charge in [-0.3, -0.25) is 4.79 Å². The Labute approximate surface area is 144 Å². The van der Waals surface area contributed by atoms with Crippen molar-refractivity contribution in [3.05, 3.63) is 30.1 Å². The van der Waals surface area contributed by atoms with Crippen molar-refractivity contribution in [2.45, 2.75) is 18.9 Å². The summed E-state index contributed by atoms with van der Waals surface area (Å²) < 4.78 is 27.0. The second-order valence-electron chi connectivity index (χ2n) is 5.86. The van der Waals surface area contributed by atoms with Gasteiger partial charge in [-0.1, -0.05) is 12.1 Å². The first kappa shape index (κ1) is 16.8. The Morgan fingerprint density at radius 1 is 1.42 bits per heavy atom. The lowest BCUT2D eigenvalue weighted by atomic mass is 10.1. The van der Waals surface area contributed by atoms with Gasteiger partial charge >= 0.3 is 0 Å². The Morgan fingerprint density at radius 2 is 2.21 bits per heavy atom. The number of nitrogens with one attached hydrogen (secondary N) is 1. The quantitative estimate of drug-likeness (QED) is 0.893. The number of rotatable bonds is 5. The van der Waals surface area contributed by atoms with Crippen molar-refractivity contribution >= 4 is 17.6 Å². The van der Waals surface area contributed by atoms with Gasteiger partial charge < -0.3 is 15.0 Å². The number of amides is 1. The minimum absolute atomic E-state index is 0.125. The van der Waals surface area contributed by atoms with Crippen molar-refractivity contribution in [1.29, 1.82) is 0 Å². The molecule has 1 N–H and O–H groups in total. The molecule has 0 spiro atoms. The van der Waals surface area contributed by atoms with Gasteiger partial charge in [0.1, 0.15) is 11.5 Å². The average Bonchev–Trinajstić information content (AvgIpc) is 3.04. The number of aromatic nitrogens is 2. The fourth-order valence-corrected chi connectivity index (χ4v) is 3.16. The number of ether oxygens (including phenoxy) is 1. The van der Waals surface area contributed by atoms with Gasteiger partial charge in [-0.15, -0.1) is 4.37 Å². The molecule has 2 aromatic rings. The molecular weight excluding hydrogens is 331 g/mol. The number of piperidine rings is 1. The van der Waals surface area contributed by atoms with Crippen LogP contribution < -0.4 is 10.1 Å². The Balaban J connectivity index is 1.56. The number of carbonyl (C=O) groups is 1. The summed E-state index contributed by atoms with van der Waals surface area (Å²) in [4.78, 5) is 14.3. The monoisotopic (exact) mass is 350 g/mol. The lowest BCUT2D eigenvalue weighted by Gasteiger charge is -2.29. The highest BCUT2D eigenvalue weighted by molar-refractivity contribution is 6.99. The third-order valence-corrected chi connectivity index (χ3v) is 4.49. The van der Waals surface area contributed by atoms with Gasteiger partial charge in [-0.2, -0.15) is 4.37 Å². The van der Waals surface area contributed by atoms with Gasteiger partial charge in [-0.25, -0.2) is 4.39 Å². The Bertz CT molecular complexity index is 701. The molecule has 0 unspecified atom stereocenters. The molecule has 24 heavy (non-hydrogen) atoms. The number of nitrogens with zero attached hydrogens (tertiary/aromatic N) is 3. The molecule has 0 atom stereocenters. The van der Waals surface area contributed by atoms with E-state index in [2.05, 4.69) is 26.0 Å². The van der Waals surface area contributed by atoms with Crippen LogP contribution in [0.25, 0.3) is 11.3 Å². The second kappa shape index (κ2) is 7.67. The SMILES string of the molecule is CN1CCC(NC(=O)COc2nsnc2-c2cccc(F)c2)CC1. The number of hydrogen-bond donors (Lipinski definition) is 1. The summed E-state index contributed by atoms with van der Waals surface area (Å²) in [6.07, 6.45) is 1.88. The van der Waals surface area contributed by atoms with Crippen LogP contribution in [0.4, 0.5) is 4.39 Å². The first-order valence-electron chi connectivity index (χ1n) is 7.81. The molecule has 1 fully saturated rings. The fraction of sp³-hybridized carbons (Fsp3) is 0.438. The maximum absolute atomic E-state index is 13.3. The summed E-state index contributed by atoms with van der Waals surface area (Å²) in [5.74, 6) is -0.279. The first-order chi connectivity index (χ1) is 11.6. The highest BCUT2D eigenvalue weighted by Crippen LogP contribution is 2.28. The minimum atomic E-state index is -0.355. The van der Waals surface area contributed by atoms with Crippen molar-refractivity contribution < 1.29 is 13.9 Å². The van der Waals surface area contributed by atoms with E-state index in [9.17, 15) is 9.18 Å². The maximum atomic E-state index is 13.3. The van der Waals surface area contributed by atoms with E-state index in [-0.39, 0.29) is 30.3 Å². The van der Waals surface area contributed by atoms with Gasteiger partial charge in [0.05, 0.1) is 11.7 Å². The third-order valence-electron chi connectivity index (χ3n) is 3.98. The standard InChI is InChI=1S/C16H19FN4O2S/c1-21-7-5-13(6-8-21)18-14(22)10-23-16-15(19-24-20-16)11-3-2-4-12(17)9-11/h2-4,9,13H,5-8,10H2,1H3,(H,18,22). The van der Waals surface area contributed by atoms with Crippen LogP contribution in [-0.2, 0) is 4.79 Å². The van der Waals surface area contributed by atoms with E-state index in [1.807, 2.05) is 0 Å². The molecule has 8 heteroatoms. The third kappa shape index (κ3) is 4.27. The topological polar surface area (TPSA) is 67.4 Å². The molecule has 1 saturated heterocycles. The average molecular weight is 350 g/mol. The molecular formula is C16H19FN4O2S. The van der Waals surface area contributed by atoms with Gasteiger partial charge in [-0.05, 0) is 45.1 Å². The molecule has 1 aliphatic heterocycles. The zero-order valence-corrected chi connectivity index (χ0v) is 14.2. The van der Waals surface area contributed by atoms with Crippen LogP contribution in [0.5, 0.6) is 5.88 Å². The number of halogens is 1. The molecule has 0 aliphatic carbocycles. The molecule has 1 aromatic heterocycles. The van der Waals surface area contributed by atoms with Gasteiger partial charge in [0.2, 0.25) is 0 Å². The van der Waals surface area contributed by atoms with Crippen molar-refractivity contribution in [2.75, 3.05) is 26.7 Å². The lowest BCUT2D eigenvalue weighted by Crippen LogP contribution is -2.44. The molecule has 0 radical (unpaired) electrons. The van der Waals surface area contributed by atoms with Crippen molar-refractivity contribution in [2.24, 2.45) is 0 Å². The van der Waals surface area contributed by atoms with Crippen LogP contribution in [0.15, 0.2) is 24.3 Å². The van der Waals surface area contributed by atoms with E-state index in [0.717, 1.165) is 37.7 Å². The van der Waals surface area contributed by atoms with Crippen LogP contribution in [0.3, 0.4) is 0 Å². The van der Waals surface area contributed by atoms with E-state index in [0.29, 0.717) is 11.3 Å². The number of likely N-dealkylation sites (tertiary alicyclic amines) is 1. The van der Waals surface area contributed by atoms with Crippen LogP contribution in [0.1, 0.15) is 12.8 Å². The summed E-state index contributed by atoms with van der Waals surface area (Å²) in [6, 6.07) is 6.24. The largest absolute Gasteiger partial charge is 0.465 e. The minimum Gasteiger partial charge on any atom is -0.465 e. The Morgan fingerprint density at radius 3 is 2.96 bits per heavy atom. The molecule has 6 nitrogen and oxygen atoms in total. The summed E-state index contributed by atoms with van der Waals surface area (Å²) >= 11 is 0.970. The number of hydrogen-bond acceptors (Lipinski definition) is 6. The molecule has 128 valence electrons. The van der Waals surface area contributed by atoms with Gasteiger partial charge in [0.25, 0.3) is 11.8 Å². The van der Waals surface area contributed by atoms with E-state index in [1.165, 1.54) is 12.1 Å². The van der Waals surface area contributed by atoms with Crippen molar-refractivity contribution in [3.8, 4) is 17.1 Å². The zero-order valence-electron chi connectivity index (χ0n) is 13.4. The zero-order chi connectivity index (χ0) is 16.9. The molecule has 1 aromatic carbocycles. The van der Waals surface area contributed by atoms with E-state index in [4.69, 9.17) is 4.74 Å². The summed E-state index contributed by atoms with van der Waals surface area (Å²) in [6.45, 7) is 1.83. The Kier molecular flexibility index (Phi) is 5.37. The van der Waals surface area contributed by atoms with Gasteiger partial charge in [0.15, 0.2) is 6.61 Å². The van der Waals surface area contributed by atoms with Gasteiger partial charge in [0, 0.05) is 11.6 Å². The molecule has 1 aliphatic rings. The predicted octanol–water partition coefficient (Wildman–Crippen LogP) is 1.93. The van der Waals surface area contributed by atoms with E-state index in [1.54, 1.807) is 12.1 Å². The fourth-order valence-electron chi connectivity index (χ4n) is 2.64. The summed E-state index contributed by atoms with van der Waals surface area (Å²) in [5, 5.41) is 2.97. The van der Waals surface area contributed by atoms with E-state index < -0.39 is 0 Å². The normalized spacial score (nSPS) is 16.1. The molecule has 3 rings (SSSR count). The van der Waals surface area contributed by atoms with Crippen LogP contribution in [-0.4, -0.2) is 52.3 Å². The van der Waals surface area contributed by atoms with Crippen LogP contribution in [0, 0.1) is 5.82 Å². The van der Waals surface area contributed by atoms with Crippen LogP contribution in [0.2, 0.25) is 0 Å². The Hall–Kier alpha value is -2.06. The smallest absolute Gasteiger partial charge is 0.258 e.